The molecule has 0 aliphatic heterocycles. The molecule has 0 aliphatic rings. The minimum atomic E-state index is -0.844. The molecule has 0 fully saturated rings. The van der Waals surface area contributed by atoms with E-state index in [0.29, 0.717) is 12.1 Å². The Morgan fingerprint density at radius 1 is 0.962 bits per heavy atom. The van der Waals surface area contributed by atoms with Crippen molar-refractivity contribution in [2.75, 3.05) is 6.54 Å². The predicted molar refractivity (Wildman–Crippen MR) is 100 cm³/mol. The van der Waals surface area contributed by atoms with Gasteiger partial charge in [0.2, 0.25) is 0 Å². The molecule has 0 saturated carbocycles. The molecule has 146 valence electrons. The molecule has 1 aromatic rings. The first-order chi connectivity index (χ1) is 11.9. The lowest BCUT2D eigenvalue weighted by Gasteiger charge is -2.23. The Kier molecular flexibility index (Phi) is 7.78. The zero-order valence-corrected chi connectivity index (χ0v) is 16.8. The van der Waals surface area contributed by atoms with Crippen LogP contribution in [0.3, 0.4) is 0 Å². The van der Waals surface area contributed by atoms with Gasteiger partial charge in [-0.3, -0.25) is 9.59 Å². The van der Waals surface area contributed by atoms with Crippen molar-refractivity contribution in [3.05, 3.63) is 23.8 Å². The number of carbonyl (C=O) groups is 2. The fourth-order valence-electron chi connectivity index (χ4n) is 1.89. The lowest BCUT2D eigenvalue weighted by atomic mass is 10.1. The van der Waals surface area contributed by atoms with Gasteiger partial charge in [-0.25, -0.2) is 0 Å². The molecule has 0 bridgehead atoms. The summed E-state index contributed by atoms with van der Waals surface area (Å²) in [6.07, 6.45) is -0.844. The van der Waals surface area contributed by atoms with Crippen LogP contribution in [0.5, 0.6) is 11.5 Å². The Bertz CT molecular complexity index is 591. The van der Waals surface area contributed by atoms with Gasteiger partial charge in [0.1, 0.15) is 11.5 Å². The third-order valence-corrected chi connectivity index (χ3v) is 3.49. The SMILES string of the molecule is CC(C)C(=O)Oc1cc(OC(=O)C(C)C)cc([C@@H](O)CNC(C)(C)C)c1. The first kappa shape index (κ1) is 22.1. The second-order valence-corrected chi connectivity index (χ2v) is 8.04. The van der Waals surface area contributed by atoms with E-state index in [1.54, 1.807) is 39.8 Å². The number of carbonyl (C=O) groups excluding carboxylic acids is 2. The van der Waals surface area contributed by atoms with Crippen LogP contribution in [0.15, 0.2) is 18.2 Å². The molecule has 6 heteroatoms. The molecule has 0 amide bonds. The van der Waals surface area contributed by atoms with Crippen LogP contribution in [0.1, 0.15) is 60.1 Å². The molecule has 1 aromatic carbocycles. The van der Waals surface area contributed by atoms with Gasteiger partial charge in [-0.05, 0) is 38.5 Å². The van der Waals surface area contributed by atoms with Crippen LogP contribution in [0.2, 0.25) is 0 Å². The highest BCUT2D eigenvalue weighted by Gasteiger charge is 2.19. The number of hydrogen-bond acceptors (Lipinski definition) is 6. The Morgan fingerprint density at radius 3 is 1.73 bits per heavy atom. The molecule has 0 aliphatic carbocycles. The molecule has 0 saturated heterocycles. The van der Waals surface area contributed by atoms with Gasteiger partial charge < -0.3 is 19.9 Å². The maximum atomic E-state index is 11.9. The van der Waals surface area contributed by atoms with Gasteiger partial charge in [-0.1, -0.05) is 27.7 Å². The summed E-state index contributed by atoms with van der Waals surface area (Å²) in [4.78, 5) is 23.8. The number of aliphatic hydroxyl groups is 1. The molecule has 26 heavy (non-hydrogen) atoms. The third-order valence-electron chi connectivity index (χ3n) is 3.49. The van der Waals surface area contributed by atoms with Gasteiger partial charge in [-0.15, -0.1) is 0 Å². The quantitative estimate of drug-likeness (QED) is 0.570. The second-order valence-electron chi connectivity index (χ2n) is 8.04. The standard InChI is InChI=1S/C20H31NO5/c1-12(2)18(23)25-15-8-14(17(22)11-21-20(5,6)7)9-16(10-15)26-19(24)13(3)4/h8-10,12-13,17,21-22H,11H2,1-7H3/t17-/m0/s1. The number of β-amino-alcohol motifs (C(OH)–C–C–N with tert-alkyl or cyclic N) is 1. The number of benzene rings is 1. The van der Waals surface area contributed by atoms with E-state index in [4.69, 9.17) is 9.47 Å². The molecule has 0 radical (unpaired) electrons. The second kappa shape index (κ2) is 9.14. The predicted octanol–water partition coefficient (Wildman–Crippen LogP) is 3.23. The molecule has 2 N–H and O–H groups in total. The first-order valence-electron chi connectivity index (χ1n) is 8.90. The monoisotopic (exact) mass is 365 g/mol. The van der Waals surface area contributed by atoms with Crippen molar-refractivity contribution in [2.24, 2.45) is 11.8 Å². The summed E-state index contributed by atoms with van der Waals surface area (Å²) in [5, 5.41) is 13.7. The molecule has 1 atom stereocenters. The largest absolute Gasteiger partial charge is 0.426 e. The van der Waals surface area contributed by atoms with Crippen LogP contribution in [0.4, 0.5) is 0 Å². The average molecular weight is 365 g/mol. The number of nitrogens with one attached hydrogen (secondary N) is 1. The van der Waals surface area contributed by atoms with Crippen LogP contribution in [-0.2, 0) is 9.59 Å². The number of aliphatic hydroxyl groups excluding tert-OH is 1. The molecule has 6 nitrogen and oxygen atoms in total. The van der Waals surface area contributed by atoms with Gasteiger partial charge in [0.15, 0.2) is 0 Å². The zero-order chi connectivity index (χ0) is 20.1. The summed E-state index contributed by atoms with van der Waals surface area (Å²) >= 11 is 0. The molecule has 0 spiro atoms. The topological polar surface area (TPSA) is 84.9 Å². The lowest BCUT2D eigenvalue weighted by molar-refractivity contribution is -0.138. The van der Waals surface area contributed by atoms with Crippen molar-refractivity contribution in [3.8, 4) is 11.5 Å². The van der Waals surface area contributed by atoms with Gasteiger partial charge in [-0.2, -0.15) is 0 Å². The van der Waals surface area contributed by atoms with E-state index >= 15 is 0 Å². The Balaban J connectivity index is 3.10. The summed E-state index contributed by atoms with van der Waals surface area (Å²) < 4.78 is 10.7. The highest BCUT2D eigenvalue weighted by molar-refractivity contribution is 5.76. The number of hydrogen-bond donors (Lipinski definition) is 2. The van der Waals surface area contributed by atoms with Gasteiger partial charge in [0, 0.05) is 18.2 Å². The molecular formula is C20H31NO5. The number of ether oxygens (including phenoxy) is 2. The van der Waals surface area contributed by atoms with Crippen LogP contribution < -0.4 is 14.8 Å². The van der Waals surface area contributed by atoms with Gasteiger partial charge in [0.05, 0.1) is 17.9 Å². The average Bonchev–Trinajstić information content (AvgIpc) is 2.51. The minimum Gasteiger partial charge on any atom is -0.426 e. The number of rotatable bonds is 7. The molecule has 0 heterocycles. The van der Waals surface area contributed by atoms with Crippen molar-refractivity contribution in [1.82, 2.24) is 5.32 Å². The van der Waals surface area contributed by atoms with Crippen molar-refractivity contribution < 1.29 is 24.2 Å². The zero-order valence-electron chi connectivity index (χ0n) is 16.8. The Hall–Kier alpha value is -1.92. The van der Waals surface area contributed by atoms with E-state index in [1.165, 1.54) is 6.07 Å². The summed E-state index contributed by atoms with van der Waals surface area (Å²) in [5.41, 5.74) is 0.345. The maximum absolute atomic E-state index is 11.9. The fraction of sp³-hybridized carbons (Fsp3) is 0.600. The van der Waals surface area contributed by atoms with Crippen LogP contribution in [0, 0.1) is 11.8 Å². The van der Waals surface area contributed by atoms with E-state index in [2.05, 4.69) is 5.32 Å². The van der Waals surface area contributed by atoms with Crippen molar-refractivity contribution in [1.29, 1.82) is 0 Å². The minimum absolute atomic E-state index is 0.157. The number of esters is 2. The highest BCUT2D eigenvalue weighted by Crippen LogP contribution is 2.28. The van der Waals surface area contributed by atoms with Crippen LogP contribution in [0.25, 0.3) is 0 Å². The lowest BCUT2D eigenvalue weighted by Crippen LogP contribution is -2.38. The third kappa shape index (κ3) is 7.54. The van der Waals surface area contributed by atoms with E-state index in [1.807, 2.05) is 20.8 Å². The van der Waals surface area contributed by atoms with E-state index in [-0.39, 0.29) is 28.9 Å². The summed E-state index contributed by atoms with van der Waals surface area (Å²) in [7, 11) is 0. The molecule has 0 aromatic heterocycles. The summed E-state index contributed by atoms with van der Waals surface area (Å²) in [6, 6.07) is 4.65. The first-order valence-corrected chi connectivity index (χ1v) is 8.90. The Labute approximate surface area is 155 Å². The smallest absolute Gasteiger partial charge is 0.313 e. The summed E-state index contributed by atoms with van der Waals surface area (Å²) in [5.74, 6) is -0.915. The Morgan fingerprint density at radius 2 is 1.38 bits per heavy atom. The summed E-state index contributed by atoms with van der Waals surface area (Å²) in [6.45, 7) is 13.2. The van der Waals surface area contributed by atoms with Gasteiger partial charge >= 0.3 is 11.9 Å². The molecular weight excluding hydrogens is 334 g/mol. The van der Waals surface area contributed by atoms with Crippen LogP contribution >= 0.6 is 0 Å². The van der Waals surface area contributed by atoms with Gasteiger partial charge in [0.25, 0.3) is 0 Å². The van der Waals surface area contributed by atoms with Crippen molar-refractivity contribution in [3.63, 3.8) is 0 Å². The molecule has 1 rings (SSSR count). The highest BCUT2D eigenvalue weighted by atomic mass is 16.5. The van der Waals surface area contributed by atoms with Crippen molar-refractivity contribution in [2.45, 2.75) is 60.1 Å². The van der Waals surface area contributed by atoms with E-state index < -0.39 is 18.0 Å². The van der Waals surface area contributed by atoms with Crippen molar-refractivity contribution >= 4 is 11.9 Å². The normalized spacial score (nSPS) is 13.0. The van der Waals surface area contributed by atoms with Crippen LogP contribution in [-0.4, -0.2) is 29.1 Å². The maximum Gasteiger partial charge on any atom is 0.313 e. The molecule has 0 unspecified atom stereocenters. The van der Waals surface area contributed by atoms with E-state index in [0.717, 1.165) is 0 Å². The van der Waals surface area contributed by atoms with E-state index in [9.17, 15) is 14.7 Å². The fourth-order valence-corrected chi connectivity index (χ4v) is 1.89.